The molecule has 6 heteroatoms. The van der Waals surface area contributed by atoms with E-state index in [-0.39, 0.29) is 17.6 Å². The standard InChI is InChI=1S/C9H15N3O3/c1-14-6-7(15-2)5-12-4-3-8(10)11-9(12)13/h3-4,7H,5-6H2,1-2H3,(H2,10,11,13). The van der Waals surface area contributed by atoms with Crippen LogP contribution in [0.4, 0.5) is 5.82 Å². The molecular weight excluding hydrogens is 198 g/mol. The Kier molecular flexibility index (Phi) is 4.26. The number of ether oxygens (including phenoxy) is 2. The summed E-state index contributed by atoms with van der Waals surface area (Å²) >= 11 is 0. The Balaban J connectivity index is 2.75. The van der Waals surface area contributed by atoms with Crippen molar-refractivity contribution >= 4 is 5.82 Å². The maximum absolute atomic E-state index is 11.4. The monoisotopic (exact) mass is 213 g/mol. The van der Waals surface area contributed by atoms with Gasteiger partial charge in [0.25, 0.3) is 0 Å². The van der Waals surface area contributed by atoms with E-state index in [1.165, 1.54) is 4.57 Å². The number of aromatic nitrogens is 2. The van der Waals surface area contributed by atoms with E-state index in [1.54, 1.807) is 26.5 Å². The van der Waals surface area contributed by atoms with Crippen LogP contribution in [0.25, 0.3) is 0 Å². The highest BCUT2D eigenvalue weighted by atomic mass is 16.5. The second-order valence-corrected chi connectivity index (χ2v) is 3.10. The highest BCUT2D eigenvalue weighted by molar-refractivity contribution is 5.23. The lowest BCUT2D eigenvalue weighted by molar-refractivity contribution is 0.0176. The predicted molar refractivity (Wildman–Crippen MR) is 55.6 cm³/mol. The first-order chi connectivity index (χ1) is 7.17. The number of nitrogen functional groups attached to an aromatic ring is 1. The summed E-state index contributed by atoms with van der Waals surface area (Å²) < 4.78 is 11.5. The van der Waals surface area contributed by atoms with Crippen LogP contribution in [0.2, 0.25) is 0 Å². The van der Waals surface area contributed by atoms with Crippen molar-refractivity contribution in [2.24, 2.45) is 0 Å². The molecule has 1 aromatic heterocycles. The van der Waals surface area contributed by atoms with Crippen molar-refractivity contribution in [3.63, 3.8) is 0 Å². The largest absolute Gasteiger partial charge is 0.383 e. The van der Waals surface area contributed by atoms with Crippen molar-refractivity contribution in [2.45, 2.75) is 12.6 Å². The topological polar surface area (TPSA) is 79.4 Å². The summed E-state index contributed by atoms with van der Waals surface area (Å²) in [6.07, 6.45) is 1.42. The molecule has 84 valence electrons. The molecule has 1 atom stereocenters. The second-order valence-electron chi connectivity index (χ2n) is 3.10. The summed E-state index contributed by atoms with van der Waals surface area (Å²) in [6, 6.07) is 1.57. The normalized spacial score (nSPS) is 12.7. The number of anilines is 1. The molecule has 0 amide bonds. The van der Waals surface area contributed by atoms with E-state index in [0.717, 1.165) is 0 Å². The first kappa shape index (κ1) is 11.7. The van der Waals surface area contributed by atoms with Gasteiger partial charge >= 0.3 is 5.69 Å². The van der Waals surface area contributed by atoms with Crippen molar-refractivity contribution in [1.82, 2.24) is 9.55 Å². The molecule has 0 aliphatic carbocycles. The van der Waals surface area contributed by atoms with Gasteiger partial charge in [-0.25, -0.2) is 4.79 Å². The van der Waals surface area contributed by atoms with Gasteiger partial charge in [0, 0.05) is 20.4 Å². The summed E-state index contributed by atoms with van der Waals surface area (Å²) in [7, 11) is 3.15. The van der Waals surface area contributed by atoms with Crippen molar-refractivity contribution in [1.29, 1.82) is 0 Å². The molecule has 0 aliphatic rings. The highest BCUT2D eigenvalue weighted by Crippen LogP contribution is 1.96. The van der Waals surface area contributed by atoms with E-state index in [1.807, 2.05) is 0 Å². The summed E-state index contributed by atoms with van der Waals surface area (Å²) in [4.78, 5) is 15.0. The van der Waals surface area contributed by atoms with Crippen LogP contribution in [-0.2, 0) is 16.0 Å². The van der Waals surface area contributed by atoms with Gasteiger partial charge in [0.05, 0.1) is 19.3 Å². The van der Waals surface area contributed by atoms with Gasteiger partial charge in [-0.1, -0.05) is 0 Å². The van der Waals surface area contributed by atoms with Crippen molar-refractivity contribution in [2.75, 3.05) is 26.6 Å². The summed E-state index contributed by atoms with van der Waals surface area (Å²) in [6.45, 7) is 0.823. The maximum Gasteiger partial charge on any atom is 0.349 e. The van der Waals surface area contributed by atoms with Crippen molar-refractivity contribution in [3.05, 3.63) is 22.7 Å². The molecule has 6 nitrogen and oxygen atoms in total. The molecule has 1 heterocycles. The molecule has 1 aromatic rings. The Morgan fingerprint density at radius 2 is 2.33 bits per heavy atom. The average Bonchev–Trinajstić information content (AvgIpc) is 2.21. The number of methoxy groups -OCH3 is 2. The van der Waals surface area contributed by atoms with Gasteiger partial charge in [0.2, 0.25) is 0 Å². The number of hydrogen-bond acceptors (Lipinski definition) is 5. The van der Waals surface area contributed by atoms with Crippen LogP contribution >= 0.6 is 0 Å². The van der Waals surface area contributed by atoms with Crippen LogP contribution in [-0.4, -0.2) is 36.5 Å². The van der Waals surface area contributed by atoms with Crippen molar-refractivity contribution < 1.29 is 9.47 Å². The average molecular weight is 213 g/mol. The lowest BCUT2D eigenvalue weighted by Crippen LogP contribution is -2.31. The highest BCUT2D eigenvalue weighted by Gasteiger charge is 2.09. The molecule has 0 spiro atoms. The van der Waals surface area contributed by atoms with Crippen LogP contribution in [0, 0.1) is 0 Å². The quantitative estimate of drug-likeness (QED) is 0.712. The van der Waals surface area contributed by atoms with Crippen LogP contribution in [0.15, 0.2) is 17.1 Å². The Hall–Kier alpha value is -1.40. The van der Waals surface area contributed by atoms with Crippen LogP contribution in [0.3, 0.4) is 0 Å². The fourth-order valence-electron chi connectivity index (χ4n) is 1.18. The Labute approximate surface area is 87.6 Å². The molecule has 0 bridgehead atoms. The molecule has 0 fully saturated rings. The molecule has 0 saturated heterocycles. The predicted octanol–water partition coefficient (Wildman–Crippen LogP) is -0.513. The van der Waals surface area contributed by atoms with E-state index in [0.29, 0.717) is 13.2 Å². The molecule has 15 heavy (non-hydrogen) atoms. The van der Waals surface area contributed by atoms with E-state index >= 15 is 0 Å². The van der Waals surface area contributed by atoms with Gasteiger partial charge in [-0.3, -0.25) is 4.57 Å². The van der Waals surface area contributed by atoms with Gasteiger partial charge in [0.15, 0.2) is 0 Å². The summed E-state index contributed by atoms with van der Waals surface area (Å²) in [5.74, 6) is 0.219. The first-order valence-electron chi connectivity index (χ1n) is 4.52. The van der Waals surface area contributed by atoms with Gasteiger partial charge in [-0.05, 0) is 6.07 Å². The zero-order valence-corrected chi connectivity index (χ0v) is 8.84. The Bertz CT molecular complexity index is 364. The lowest BCUT2D eigenvalue weighted by Gasteiger charge is -2.15. The van der Waals surface area contributed by atoms with E-state index in [2.05, 4.69) is 4.98 Å². The minimum Gasteiger partial charge on any atom is -0.383 e. The maximum atomic E-state index is 11.4. The van der Waals surface area contributed by atoms with E-state index < -0.39 is 0 Å². The summed E-state index contributed by atoms with van der Waals surface area (Å²) in [5, 5.41) is 0. The smallest absolute Gasteiger partial charge is 0.349 e. The van der Waals surface area contributed by atoms with E-state index in [4.69, 9.17) is 15.2 Å². The third-order valence-corrected chi connectivity index (χ3v) is 1.98. The Morgan fingerprint density at radius 1 is 1.60 bits per heavy atom. The zero-order valence-electron chi connectivity index (χ0n) is 8.84. The second kappa shape index (κ2) is 5.47. The van der Waals surface area contributed by atoms with Gasteiger partial charge < -0.3 is 15.2 Å². The van der Waals surface area contributed by atoms with Crippen molar-refractivity contribution in [3.8, 4) is 0 Å². The summed E-state index contributed by atoms with van der Waals surface area (Å²) in [5.41, 5.74) is 4.99. The Morgan fingerprint density at radius 3 is 2.87 bits per heavy atom. The van der Waals surface area contributed by atoms with E-state index in [9.17, 15) is 4.79 Å². The minimum atomic E-state index is -0.381. The molecule has 0 radical (unpaired) electrons. The molecule has 0 saturated carbocycles. The molecule has 1 unspecified atom stereocenters. The number of rotatable bonds is 5. The van der Waals surface area contributed by atoms with Crippen LogP contribution in [0.5, 0.6) is 0 Å². The van der Waals surface area contributed by atoms with Crippen LogP contribution < -0.4 is 11.4 Å². The third-order valence-electron chi connectivity index (χ3n) is 1.98. The van der Waals surface area contributed by atoms with Gasteiger partial charge in [-0.15, -0.1) is 0 Å². The number of hydrogen-bond donors (Lipinski definition) is 1. The fraction of sp³-hybridized carbons (Fsp3) is 0.556. The number of nitrogens with zero attached hydrogens (tertiary/aromatic N) is 2. The first-order valence-corrected chi connectivity index (χ1v) is 4.52. The number of nitrogens with two attached hydrogens (primary N) is 1. The van der Waals surface area contributed by atoms with Gasteiger partial charge in [-0.2, -0.15) is 4.98 Å². The minimum absolute atomic E-state index is 0.168. The molecule has 1 rings (SSSR count). The molecule has 2 N–H and O–H groups in total. The molecular formula is C9H15N3O3. The molecule has 0 aliphatic heterocycles. The van der Waals surface area contributed by atoms with Gasteiger partial charge in [0.1, 0.15) is 5.82 Å². The molecule has 0 aromatic carbocycles. The fourth-order valence-corrected chi connectivity index (χ4v) is 1.18. The lowest BCUT2D eigenvalue weighted by atomic mass is 10.3. The zero-order chi connectivity index (χ0) is 11.3. The third kappa shape index (κ3) is 3.34. The van der Waals surface area contributed by atoms with Crippen LogP contribution in [0.1, 0.15) is 0 Å². The SMILES string of the molecule is COCC(Cn1ccc(N)nc1=O)OC.